The van der Waals surface area contributed by atoms with Crippen molar-refractivity contribution in [2.75, 3.05) is 57.7 Å². The van der Waals surface area contributed by atoms with Crippen molar-refractivity contribution in [3.05, 3.63) is 29.8 Å². The third-order valence-electron chi connectivity index (χ3n) is 5.50. The first kappa shape index (κ1) is 20.2. The van der Waals surface area contributed by atoms with Crippen LogP contribution < -0.4 is 5.32 Å². The van der Waals surface area contributed by atoms with Crippen molar-refractivity contribution in [3.63, 3.8) is 0 Å². The number of nitriles is 1. The van der Waals surface area contributed by atoms with Crippen LogP contribution in [-0.4, -0.2) is 78.9 Å². The first-order valence-corrected chi connectivity index (χ1v) is 10.2. The first-order valence-electron chi connectivity index (χ1n) is 10.2. The van der Waals surface area contributed by atoms with Gasteiger partial charge in [-0.15, -0.1) is 0 Å². The van der Waals surface area contributed by atoms with Crippen LogP contribution in [0.15, 0.2) is 24.3 Å². The lowest BCUT2D eigenvalue weighted by Crippen LogP contribution is -2.52. The van der Waals surface area contributed by atoms with E-state index in [0.717, 1.165) is 44.7 Å². The summed E-state index contributed by atoms with van der Waals surface area (Å²) in [5, 5.41) is 11.9. The Morgan fingerprint density at radius 1 is 0.857 bits per heavy atom. The molecule has 2 saturated heterocycles. The van der Waals surface area contributed by atoms with Crippen LogP contribution in [0.25, 0.3) is 0 Å². The van der Waals surface area contributed by atoms with E-state index in [-0.39, 0.29) is 18.4 Å². The molecule has 2 fully saturated rings. The molecule has 0 unspecified atom stereocenters. The van der Waals surface area contributed by atoms with Gasteiger partial charge in [0.1, 0.15) is 0 Å². The second-order valence-corrected chi connectivity index (χ2v) is 7.49. The largest absolute Gasteiger partial charge is 0.376 e. The summed E-state index contributed by atoms with van der Waals surface area (Å²) >= 11 is 0. The molecular formula is C21H29N5O2. The predicted octanol–water partition coefficient (Wildman–Crippen LogP) is 1.52. The average molecular weight is 383 g/mol. The third-order valence-corrected chi connectivity index (χ3v) is 5.50. The van der Waals surface area contributed by atoms with Crippen molar-refractivity contribution in [3.8, 4) is 6.07 Å². The third kappa shape index (κ3) is 5.70. The number of hydrogen-bond acceptors (Lipinski definition) is 5. The zero-order chi connectivity index (χ0) is 19.8. The number of piperazine rings is 1. The van der Waals surface area contributed by atoms with Gasteiger partial charge >= 0.3 is 0 Å². The normalized spacial score (nSPS) is 18.2. The molecule has 0 spiro atoms. The lowest BCUT2D eigenvalue weighted by molar-refractivity contribution is -0.134. The maximum Gasteiger partial charge on any atom is 0.241 e. The SMILES string of the molecule is N#Cc1ccc(NCC(=O)N2CCN(CC(=O)N3CCCCCC3)CC2)cc1. The molecule has 1 aromatic carbocycles. The second-order valence-electron chi connectivity index (χ2n) is 7.49. The van der Waals surface area contributed by atoms with Crippen molar-refractivity contribution in [2.45, 2.75) is 25.7 Å². The summed E-state index contributed by atoms with van der Waals surface area (Å²) in [6, 6.07) is 9.14. The van der Waals surface area contributed by atoms with Crippen LogP contribution in [0.2, 0.25) is 0 Å². The molecule has 0 atom stereocenters. The molecule has 150 valence electrons. The average Bonchev–Trinajstić information content (AvgIpc) is 3.02. The summed E-state index contributed by atoms with van der Waals surface area (Å²) in [7, 11) is 0. The molecule has 28 heavy (non-hydrogen) atoms. The van der Waals surface area contributed by atoms with Gasteiger partial charge in [0.05, 0.1) is 24.7 Å². The molecule has 3 rings (SSSR count). The van der Waals surface area contributed by atoms with E-state index in [0.29, 0.717) is 25.2 Å². The van der Waals surface area contributed by atoms with Gasteiger partial charge in [0.2, 0.25) is 11.8 Å². The van der Waals surface area contributed by atoms with Crippen LogP contribution in [0.1, 0.15) is 31.2 Å². The van der Waals surface area contributed by atoms with Gasteiger partial charge in [0.25, 0.3) is 0 Å². The van der Waals surface area contributed by atoms with Crippen molar-refractivity contribution >= 4 is 17.5 Å². The number of anilines is 1. The Balaban J connectivity index is 1.38. The predicted molar refractivity (Wildman–Crippen MR) is 108 cm³/mol. The lowest BCUT2D eigenvalue weighted by atomic mass is 10.2. The van der Waals surface area contributed by atoms with Crippen LogP contribution in [-0.2, 0) is 9.59 Å². The molecular weight excluding hydrogens is 354 g/mol. The number of hydrogen-bond donors (Lipinski definition) is 1. The second kappa shape index (κ2) is 10.1. The molecule has 2 heterocycles. The number of amides is 2. The van der Waals surface area contributed by atoms with Crippen LogP contribution in [0.3, 0.4) is 0 Å². The molecule has 2 aliphatic rings. The summed E-state index contributed by atoms with van der Waals surface area (Å²) in [5.74, 6) is 0.284. The summed E-state index contributed by atoms with van der Waals surface area (Å²) in [6.45, 7) is 5.26. The van der Waals surface area contributed by atoms with E-state index in [1.54, 1.807) is 24.3 Å². The quantitative estimate of drug-likeness (QED) is 0.834. The number of nitrogens with one attached hydrogen (secondary N) is 1. The van der Waals surface area contributed by atoms with Crippen LogP contribution in [0.5, 0.6) is 0 Å². The highest BCUT2D eigenvalue weighted by molar-refractivity contribution is 5.81. The van der Waals surface area contributed by atoms with Crippen LogP contribution in [0, 0.1) is 11.3 Å². The Kier molecular flexibility index (Phi) is 7.26. The Labute approximate surface area is 166 Å². The number of nitrogens with zero attached hydrogens (tertiary/aromatic N) is 4. The van der Waals surface area contributed by atoms with Gasteiger partial charge in [-0.05, 0) is 37.1 Å². The number of carbonyl (C=O) groups is 2. The molecule has 0 radical (unpaired) electrons. The molecule has 0 saturated carbocycles. The molecule has 7 heteroatoms. The number of likely N-dealkylation sites (tertiary alicyclic amines) is 1. The van der Waals surface area contributed by atoms with Crippen molar-refractivity contribution < 1.29 is 9.59 Å². The first-order chi connectivity index (χ1) is 13.7. The maximum atomic E-state index is 12.5. The topological polar surface area (TPSA) is 79.7 Å². The van der Waals surface area contributed by atoms with Gasteiger partial charge in [-0.2, -0.15) is 5.26 Å². The van der Waals surface area contributed by atoms with E-state index in [1.165, 1.54) is 12.8 Å². The Bertz CT molecular complexity index is 697. The van der Waals surface area contributed by atoms with Gasteiger partial charge in [0, 0.05) is 45.0 Å². The zero-order valence-corrected chi connectivity index (χ0v) is 16.4. The van der Waals surface area contributed by atoms with E-state index in [1.807, 2.05) is 9.80 Å². The molecule has 2 aliphatic heterocycles. The summed E-state index contributed by atoms with van der Waals surface area (Å²) in [5.41, 5.74) is 1.43. The molecule has 0 aromatic heterocycles. The highest BCUT2D eigenvalue weighted by Crippen LogP contribution is 2.12. The fourth-order valence-corrected chi connectivity index (χ4v) is 3.72. The molecule has 0 aliphatic carbocycles. The van der Waals surface area contributed by atoms with Gasteiger partial charge in [-0.25, -0.2) is 0 Å². The van der Waals surface area contributed by atoms with Gasteiger partial charge in [-0.3, -0.25) is 14.5 Å². The number of carbonyl (C=O) groups excluding carboxylic acids is 2. The van der Waals surface area contributed by atoms with E-state index in [4.69, 9.17) is 5.26 Å². The Morgan fingerprint density at radius 2 is 1.46 bits per heavy atom. The van der Waals surface area contributed by atoms with Gasteiger partial charge in [-0.1, -0.05) is 12.8 Å². The standard InChI is InChI=1S/C21H29N5O2/c22-15-18-5-7-19(8-6-18)23-16-20(27)26-13-11-24(12-14-26)17-21(28)25-9-3-1-2-4-10-25/h5-8,23H,1-4,9-14,16-17H2. The zero-order valence-electron chi connectivity index (χ0n) is 16.4. The van der Waals surface area contributed by atoms with Crippen molar-refractivity contribution in [2.24, 2.45) is 0 Å². The lowest BCUT2D eigenvalue weighted by Gasteiger charge is -2.35. The Morgan fingerprint density at radius 3 is 2.07 bits per heavy atom. The number of rotatable bonds is 5. The molecule has 0 bridgehead atoms. The van der Waals surface area contributed by atoms with Crippen LogP contribution >= 0.6 is 0 Å². The highest BCUT2D eigenvalue weighted by Gasteiger charge is 2.24. The minimum atomic E-state index is 0.0582. The molecule has 1 N–H and O–H groups in total. The smallest absolute Gasteiger partial charge is 0.241 e. The minimum Gasteiger partial charge on any atom is -0.376 e. The van der Waals surface area contributed by atoms with Crippen molar-refractivity contribution in [1.29, 1.82) is 5.26 Å². The molecule has 1 aromatic rings. The summed E-state index contributed by atoms with van der Waals surface area (Å²) in [4.78, 5) is 31.0. The maximum absolute atomic E-state index is 12.5. The minimum absolute atomic E-state index is 0.0582. The fourth-order valence-electron chi connectivity index (χ4n) is 3.72. The van der Waals surface area contributed by atoms with E-state index >= 15 is 0 Å². The summed E-state index contributed by atoms with van der Waals surface area (Å²) < 4.78 is 0. The highest BCUT2D eigenvalue weighted by atomic mass is 16.2. The van der Waals surface area contributed by atoms with E-state index in [2.05, 4.69) is 16.3 Å². The van der Waals surface area contributed by atoms with Gasteiger partial charge < -0.3 is 15.1 Å². The number of benzene rings is 1. The van der Waals surface area contributed by atoms with Gasteiger partial charge in [0.15, 0.2) is 0 Å². The summed E-state index contributed by atoms with van der Waals surface area (Å²) in [6.07, 6.45) is 4.67. The van der Waals surface area contributed by atoms with E-state index < -0.39 is 0 Å². The fraction of sp³-hybridized carbons (Fsp3) is 0.571. The van der Waals surface area contributed by atoms with Crippen LogP contribution in [0.4, 0.5) is 5.69 Å². The van der Waals surface area contributed by atoms with E-state index in [9.17, 15) is 9.59 Å². The Hall–Kier alpha value is -2.59. The molecule has 2 amide bonds. The molecule has 7 nitrogen and oxygen atoms in total. The monoisotopic (exact) mass is 383 g/mol. The van der Waals surface area contributed by atoms with Crippen molar-refractivity contribution in [1.82, 2.24) is 14.7 Å².